The molecule has 0 aliphatic carbocycles. The smallest absolute Gasteiger partial charge is 0.162 e. The predicted octanol–water partition coefficient (Wildman–Crippen LogP) is 2.62. The van der Waals surface area contributed by atoms with Gasteiger partial charge in [0.05, 0.1) is 0 Å². The first-order chi connectivity index (χ1) is 5.29. The fraction of sp³-hybridized carbons (Fsp3) is 0.125. The highest BCUT2D eigenvalue weighted by molar-refractivity contribution is 6.01. The van der Waals surface area contributed by atoms with E-state index in [-0.39, 0.29) is 5.78 Å². The lowest BCUT2D eigenvalue weighted by Gasteiger charge is -2.09. The zero-order chi connectivity index (χ0) is 7.84. The van der Waals surface area contributed by atoms with Gasteiger partial charge < -0.3 is 0 Å². The van der Waals surface area contributed by atoms with Crippen molar-refractivity contribution in [3.8, 4) is 0 Å². The molecule has 1 heterocycles. The van der Waals surface area contributed by atoms with Crippen LogP contribution in [0.4, 0.5) is 11.4 Å². The SMILES string of the molecule is CC(=O)c1cccc2c1N=N2. The summed E-state index contributed by atoms with van der Waals surface area (Å²) in [6.07, 6.45) is 0. The number of fused-ring (bicyclic) bond motifs is 1. The van der Waals surface area contributed by atoms with Gasteiger partial charge in [0.2, 0.25) is 0 Å². The van der Waals surface area contributed by atoms with Crippen molar-refractivity contribution < 1.29 is 4.79 Å². The molecule has 1 aromatic rings. The molecule has 3 nitrogen and oxygen atoms in total. The molecule has 0 radical (unpaired) electrons. The van der Waals surface area contributed by atoms with Gasteiger partial charge >= 0.3 is 0 Å². The minimum Gasteiger partial charge on any atom is -0.294 e. The normalized spacial score (nSPS) is 12.1. The van der Waals surface area contributed by atoms with Crippen molar-refractivity contribution >= 4 is 17.2 Å². The van der Waals surface area contributed by atoms with Gasteiger partial charge in [-0.3, -0.25) is 4.79 Å². The molecule has 54 valence electrons. The zero-order valence-corrected chi connectivity index (χ0v) is 6.03. The molecule has 1 aliphatic rings. The Labute approximate surface area is 63.8 Å². The predicted molar refractivity (Wildman–Crippen MR) is 40.6 cm³/mol. The van der Waals surface area contributed by atoms with Crippen molar-refractivity contribution in [1.29, 1.82) is 0 Å². The number of hydrogen-bond donors (Lipinski definition) is 0. The van der Waals surface area contributed by atoms with E-state index in [1.165, 1.54) is 6.92 Å². The lowest BCUT2D eigenvalue weighted by molar-refractivity contribution is 0.101. The maximum Gasteiger partial charge on any atom is 0.162 e. The fourth-order valence-corrected chi connectivity index (χ4v) is 1.06. The summed E-state index contributed by atoms with van der Waals surface area (Å²) in [5.74, 6) is 0.0421. The number of benzene rings is 1. The van der Waals surface area contributed by atoms with Crippen LogP contribution in [0.2, 0.25) is 0 Å². The third-order valence-corrected chi connectivity index (χ3v) is 1.65. The molecule has 0 amide bonds. The number of azo groups is 1. The van der Waals surface area contributed by atoms with Crippen LogP contribution < -0.4 is 0 Å². The fourth-order valence-electron chi connectivity index (χ4n) is 1.06. The van der Waals surface area contributed by atoms with Crippen LogP contribution in [0.3, 0.4) is 0 Å². The minimum atomic E-state index is 0.0421. The molecule has 0 aromatic heterocycles. The number of rotatable bonds is 1. The van der Waals surface area contributed by atoms with Gasteiger partial charge in [0.1, 0.15) is 11.4 Å². The molecular formula is C8H6N2O. The highest BCUT2D eigenvalue weighted by atomic mass is 16.1. The van der Waals surface area contributed by atoms with Gasteiger partial charge in [0.15, 0.2) is 5.78 Å². The molecule has 0 N–H and O–H groups in total. The van der Waals surface area contributed by atoms with Crippen LogP contribution in [0.5, 0.6) is 0 Å². The average molecular weight is 146 g/mol. The Morgan fingerprint density at radius 3 is 2.64 bits per heavy atom. The number of carbonyl (C=O) groups excluding carboxylic acids is 1. The maximum atomic E-state index is 11.0. The third kappa shape index (κ3) is 0.774. The van der Waals surface area contributed by atoms with E-state index in [0.29, 0.717) is 5.56 Å². The molecule has 2 rings (SSSR count). The number of ketones is 1. The second-order valence-corrected chi connectivity index (χ2v) is 2.43. The summed E-state index contributed by atoms with van der Waals surface area (Å²) in [6, 6.07) is 5.42. The zero-order valence-electron chi connectivity index (χ0n) is 6.03. The lowest BCUT2D eigenvalue weighted by Crippen LogP contribution is -1.94. The second-order valence-electron chi connectivity index (χ2n) is 2.43. The van der Waals surface area contributed by atoms with Crippen molar-refractivity contribution in [2.45, 2.75) is 6.92 Å². The topological polar surface area (TPSA) is 41.8 Å². The quantitative estimate of drug-likeness (QED) is 0.570. The van der Waals surface area contributed by atoms with E-state index in [0.717, 1.165) is 11.4 Å². The van der Waals surface area contributed by atoms with E-state index in [4.69, 9.17) is 0 Å². The molecule has 0 saturated heterocycles. The Kier molecular flexibility index (Phi) is 1.12. The van der Waals surface area contributed by atoms with Gasteiger partial charge in [-0.2, -0.15) is 0 Å². The van der Waals surface area contributed by atoms with E-state index in [1.807, 2.05) is 12.1 Å². The molecule has 11 heavy (non-hydrogen) atoms. The Morgan fingerprint density at radius 2 is 2.18 bits per heavy atom. The van der Waals surface area contributed by atoms with Crippen LogP contribution in [0.25, 0.3) is 0 Å². The van der Waals surface area contributed by atoms with Crippen LogP contribution in [-0.2, 0) is 0 Å². The average Bonchev–Trinajstić information content (AvgIpc) is 1.90. The molecule has 0 atom stereocenters. The van der Waals surface area contributed by atoms with E-state index in [1.54, 1.807) is 6.07 Å². The Morgan fingerprint density at radius 1 is 1.36 bits per heavy atom. The van der Waals surface area contributed by atoms with Gasteiger partial charge in [-0.15, -0.1) is 10.2 Å². The largest absolute Gasteiger partial charge is 0.294 e. The lowest BCUT2D eigenvalue weighted by atomic mass is 10.1. The number of Topliss-reactive ketones (excluding diaryl/α,β-unsaturated/α-hetero) is 1. The number of carbonyl (C=O) groups is 1. The highest BCUT2D eigenvalue weighted by Gasteiger charge is 2.15. The number of nitrogens with zero attached hydrogens (tertiary/aromatic N) is 2. The molecule has 1 aliphatic heterocycles. The molecule has 0 fully saturated rings. The molecule has 3 heteroatoms. The molecule has 0 saturated carbocycles. The first kappa shape index (κ1) is 6.22. The van der Waals surface area contributed by atoms with Gasteiger partial charge in [-0.05, 0) is 19.1 Å². The highest BCUT2D eigenvalue weighted by Crippen LogP contribution is 2.40. The third-order valence-electron chi connectivity index (χ3n) is 1.65. The number of hydrogen-bond acceptors (Lipinski definition) is 3. The van der Waals surface area contributed by atoms with E-state index in [2.05, 4.69) is 10.2 Å². The van der Waals surface area contributed by atoms with Crippen LogP contribution in [-0.4, -0.2) is 5.78 Å². The van der Waals surface area contributed by atoms with E-state index < -0.39 is 0 Å². The van der Waals surface area contributed by atoms with Gasteiger partial charge in [0.25, 0.3) is 0 Å². The Bertz CT molecular complexity index is 355. The summed E-state index contributed by atoms with van der Waals surface area (Å²) in [5.41, 5.74) is 2.22. The van der Waals surface area contributed by atoms with Gasteiger partial charge in [-0.25, -0.2) is 0 Å². The van der Waals surface area contributed by atoms with Crippen LogP contribution in [0, 0.1) is 0 Å². The van der Waals surface area contributed by atoms with Crippen molar-refractivity contribution in [3.63, 3.8) is 0 Å². The van der Waals surface area contributed by atoms with Gasteiger partial charge in [-0.1, -0.05) is 6.07 Å². The van der Waals surface area contributed by atoms with E-state index in [9.17, 15) is 4.79 Å². The van der Waals surface area contributed by atoms with Crippen LogP contribution >= 0.6 is 0 Å². The first-order valence-electron chi connectivity index (χ1n) is 3.35. The van der Waals surface area contributed by atoms with Crippen LogP contribution in [0.1, 0.15) is 17.3 Å². The maximum absolute atomic E-state index is 11.0. The Balaban J connectivity index is 2.61. The molecular weight excluding hydrogens is 140 g/mol. The van der Waals surface area contributed by atoms with Crippen molar-refractivity contribution in [2.24, 2.45) is 10.2 Å². The van der Waals surface area contributed by atoms with E-state index >= 15 is 0 Å². The summed E-state index contributed by atoms with van der Waals surface area (Å²) in [5, 5.41) is 7.51. The first-order valence-corrected chi connectivity index (χ1v) is 3.35. The molecule has 0 bridgehead atoms. The molecule has 0 unspecified atom stereocenters. The summed E-state index contributed by atoms with van der Waals surface area (Å²) < 4.78 is 0. The summed E-state index contributed by atoms with van der Waals surface area (Å²) in [6.45, 7) is 1.53. The van der Waals surface area contributed by atoms with Crippen molar-refractivity contribution in [3.05, 3.63) is 23.8 Å². The van der Waals surface area contributed by atoms with Crippen molar-refractivity contribution in [2.75, 3.05) is 0 Å². The molecule has 1 aromatic carbocycles. The van der Waals surface area contributed by atoms with Crippen LogP contribution in [0.15, 0.2) is 28.4 Å². The standard InChI is InChI=1S/C8H6N2O/c1-5(11)6-3-2-4-7-8(6)10-9-7/h2-4H,1H3. The van der Waals surface area contributed by atoms with Gasteiger partial charge in [0, 0.05) is 5.56 Å². The summed E-state index contributed by atoms with van der Waals surface area (Å²) in [4.78, 5) is 11.0. The van der Waals surface area contributed by atoms with Crippen molar-refractivity contribution in [1.82, 2.24) is 0 Å². The minimum absolute atomic E-state index is 0.0421. The summed E-state index contributed by atoms with van der Waals surface area (Å²) >= 11 is 0. The molecule has 0 spiro atoms. The monoisotopic (exact) mass is 146 g/mol. The summed E-state index contributed by atoms with van der Waals surface area (Å²) in [7, 11) is 0. The second kappa shape index (κ2) is 1.99. The Hall–Kier alpha value is -1.51.